The minimum atomic E-state index is -0.280. The number of halogens is 1. The van der Waals surface area contributed by atoms with Crippen LogP contribution in [0, 0.1) is 5.82 Å². The van der Waals surface area contributed by atoms with Crippen molar-refractivity contribution >= 4 is 11.6 Å². The maximum absolute atomic E-state index is 13.0. The summed E-state index contributed by atoms with van der Waals surface area (Å²) in [6, 6.07) is 20.7. The average Bonchev–Trinajstić information content (AvgIpc) is 3.04. The Morgan fingerprint density at radius 1 is 1.00 bits per heavy atom. The molecule has 1 aliphatic rings. The van der Waals surface area contributed by atoms with Crippen LogP contribution in [0.1, 0.15) is 29.7 Å². The number of benzene rings is 3. The maximum Gasteiger partial charge on any atom is 0.239 e. The first kappa shape index (κ1) is 17.3. The molecule has 0 aliphatic heterocycles. The summed E-state index contributed by atoms with van der Waals surface area (Å²) in [5.41, 5.74) is 7.00. The molecule has 0 spiro atoms. The molecule has 0 bridgehead atoms. The number of hydrogen-bond acceptors (Lipinski definition) is 2. The lowest BCUT2D eigenvalue weighted by molar-refractivity contribution is -0.120. The van der Waals surface area contributed by atoms with E-state index >= 15 is 0 Å². The molecule has 1 amide bonds. The predicted molar refractivity (Wildman–Crippen MR) is 106 cm³/mol. The minimum absolute atomic E-state index is 0.101. The van der Waals surface area contributed by atoms with Crippen molar-refractivity contribution in [2.45, 2.75) is 19.4 Å². The lowest BCUT2D eigenvalue weighted by atomic mass is 10.1. The number of carbonyl (C=O) groups excluding carboxylic acids is 1. The summed E-state index contributed by atoms with van der Waals surface area (Å²) in [5.74, 6) is -0.381. The van der Waals surface area contributed by atoms with E-state index in [0.717, 1.165) is 17.7 Å². The van der Waals surface area contributed by atoms with Crippen molar-refractivity contribution in [3.8, 4) is 11.1 Å². The van der Waals surface area contributed by atoms with Gasteiger partial charge in [-0.1, -0.05) is 42.5 Å². The van der Waals surface area contributed by atoms with Gasteiger partial charge in [-0.2, -0.15) is 0 Å². The van der Waals surface area contributed by atoms with Crippen molar-refractivity contribution < 1.29 is 9.18 Å². The van der Waals surface area contributed by atoms with E-state index in [-0.39, 0.29) is 24.3 Å². The zero-order chi connectivity index (χ0) is 18.8. The van der Waals surface area contributed by atoms with Gasteiger partial charge < -0.3 is 10.6 Å². The highest BCUT2D eigenvalue weighted by Crippen LogP contribution is 2.37. The SMILES string of the molecule is C[C@@H](NC(=O)CNc1ccc2c(c1)Cc1ccccc1-2)c1ccc(F)cc1. The summed E-state index contributed by atoms with van der Waals surface area (Å²) in [6.07, 6.45) is 0.925. The van der Waals surface area contributed by atoms with Gasteiger partial charge in [-0.3, -0.25) is 4.79 Å². The van der Waals surface area contributed by atoms with E-state index in [4.69, 9.17) is 0 Å². The molecular formula is C23H21FN2O. The second kappa shape index (κ2) is 7.23. The fraction of sp³-hybridized carbons (Fsp3) is 0.174. The Balaban J connectivity index is 1.36. The molecule has 136 valence electrons. The smallest absolute Gasteiger partial charge is 0.239 e. The van der Waals surface area contributed by atoms with Crippen LogP contribution in [0.4, 0.5) is 10.1 Å². The third kappa shape index (κ3) is 3.70. The molecule has 3 aromatic carbocycles. The molecule has 3 nitrogen and oxygen atoms in total. The molecule has 0 saturated heterocycles. The topological polar surface area (TPSA) is 41.1 Å². The molecular weight excluding hydrogens is 339 g/mol. The first-order valence-corrected chi connectivity index (χ1v) is 9.10. The van der Waals surface area contributed by atoms with Gasteiger partial charge in [-0.25, -0.2) is 4.39 Å². The second-order valence-corrected chi connectivity index (χ2v) is 6.90. The lowest BCUT2D eigenvalue weighted by Gasteiger charge is -2.15. The maximum atomic E-state index is 13.0. The molecule has 0 saturated carbocycles. The van der Waals surface area contributed by atoms with E-state index in [9.17, 15) is 9.18 Å². The molecule has 0 fully saturated rings. The summed E-state index contributed by atoms with van der Waals surface area (Å²) in [6.45, 7) is 2.08. The van der Waals surface area contributed by atoms with Crippen molar-refractivity contribution in [2.24, 2.45) is 0 Å². The Kier molecular flexibility index (Phi) is 4.63. The third-order valence-electron chi connectivity index (χ3n) is 4.99. The molecule has 4 heteroatoms. The molecule has 1 atom stereocenters. The molecule has 0 radical (unpaired) electrons. The van der Waals surface area contributed by atoms with Crippen molar-refractivity contribution in [1.29, 1.82) is 0 Å². The molecule has 2 N–H and O–H groups in total. The standard InChI is InChI=1S/C23H21FN2O/c1-15(16-6-8-19(24)9-7-16)26-23(27)14-25-20-10-11-22-18(13-20)12-17-4-2-3-5-21(17)22/h2-11,13,15,25H,12,14H2,1H3,(H,26,27)/t15-/m1/s1. The molecule has 0 aromatic heterocycles. The first-order chi connectivity index (χ1) is 13.1. The van der Waals surface area contributed by atoms with Crippen LogP contribution < -0.4 is 10.6 Å². The van der Waals surface area contributed by atoms with Gasteiger partial charge in [-0.15, -0.1) is 0 Å². The van der Waals surface area contributed by atoms with E-state index in [2.05, 4.69) is 47.0 Å². The second-order valence-electron chi connectivity index (χ2n) is 6.90. The highest BCUT2D eigenvalue weighted by Gasteiger charge is 2.18. The Labute approximate surface area is 158 Å². The normalized spacial score (nSPS) is 12.8. The lowest BCUT2D eigenvalue weighted by Crippen LogP contribution is -2.32. The fourth-order valence-corrected chi connectivity index (χ4v) is 3.56. The van der Waals surface area contributed by atoms with Crippen LogP contribution in [-0.4, -0.2) is 12.5 Å². The van der Waals surface area contributed by atoms with Crippen molar-refractivity contribution in [3.63, 3.8) is 0 Å². The van der Waals surface area contributed by atoms with Crippen molar-refractivity contribution in [3.05, 3.63) is 89.2 Å². The van der Waals surface area contributed by atoms with E-state index in [1.54, 1.807) is 12.1 Å². The summed E-state index contributed by atoms with van der Waals surface area (Å²) >= 11 is 0. The highest BCUT2D eigenvalue weighted by atomic mass is 19.1. The summed E-state index contributed by atoms with van der Waals surface area (Å²) in [4.78, 5) is 12.2. The van der Waals surface area contributed by atoms with Gasteiger partial charge in [0.25, 0.3) is 0 Å². The van der Waals surface area contributed by atoms with Crippen LogP contribution in [0.3, 0.4) is 0 Å². The number of hydrogen-bond donors (Lipinski definition) is 2. The van der Waals surface area contributed by atoms with Gasteiger partial charge in [0, 0.05) is 5.69 Å². The predicted octanol–water partition coefficient (Wildman–Crippen LogP) is 4.69. The average molecular weight is 360 g/mol. The number of nitrogens with one attached hydrogen (secondary N) is 2. The minimum Gasteiger partial charge on any atom is -0.376 e. The first-order valence-electron chi connectivity index (χ1n) is 9.10. The Morgan fingerprint density at radius 3 is 2.56 bits per heavy atom. The van der Waals surface area contributed by atoms with Crippen LogP contribution in [-0.2, 0) is 11.2 Å². The van der Waals surface area contributed by atoms with Crippen molar-refractivity contribution in [2.75, 3.05) is 11.9 Å². The Morgan fingerprint density at radius 2 is 1.74 bits per heavy atom. The fourth-order valence-electron chi connectivity index (χ4n) is 3.56. The van der Waals surface area contributed by atoms with Crippen molar-refractivity contribution in [1.82, 2.24) is 5.32 Å². The molecule has 4 rings (SSSR count). The van der Waals surface area contributed by atoms with E-state index in [0.29, 0.717) is 0 Å². The molecule has 27 heavy (non-hydrogen) atoms. The molecule has 0 unspecified atom stereocenters. The van der Waals surface area contributed by atoms with E-state index < -0.39 is 0 Å². The van der Waals surface area contributed by atoms with Gasteiger partial charge in [0.1, 0.15) is 5.82 Å². The van der Waals surface area contributed by atoms with Crippen LogP contribution >= 0.6 is 0 Å². The number of rotatable bonds is 5. The number of fused-ring (bicyclic) bond motifs is 3. The Bertz CT molecular complexity index is 982. The summed E-state index contributed by atoms with van der Waals surface area (Å²) in [7, 11) is 0. The number of carbonyl (C=O) groups is 1. The van der Waals surface area contributed by atoms with Gasteiger partial charge in [-0.05, 0) is 65.4 Å². The zero-order valence-corrected chi connectivity index (χ0v) is 15.1. The highest BCUT2D eigenvalue weighted by molar-refractivity contribution is 5.82. The van der Waals surface area contributed by atoms with E-state index in [1.165, 1.54) is 34.4 Å². The van der Waals surface area contributed by atoms with Gasteiger partial charge in [0.05, 0.1) is 12.6 Å². The van der Waals surface area contributed by atoms with Gasteiger partial charge >= 0.3 is 0 Å². The van der Waals surface area contributed by atoms with Crippen LogP contribution in [0.15, 0.2) is 66.7 Å². The van der Waals surface area contributed by atoms with Gasteiger partial charge in [0.15, 0.2) is 0 Å². The van der Waals surface area contributed by atoms with Crippen LogP contribution in [0.25, 0.3) is 11.1 Å². The summed E-state index contributed by atoms with van der Waals surface area (Å²) < 4.78 is 13.0. The van der Waals surface area contributed by atoms with Gasteiger partial charge in [0.2, 0.25) is 5.91 Å². The largest absolute Gasteiger partial charge is 0.376 e. The number of anilines is 1. The quantitative estimate of drug-likeness (QED) is 0.542. The Hall–Kier alpha value is -3.14. The van der Waals surface area contributed by atoms with E-state index in [1.807, 2.05) is 13.0 Å². The van der Waals surface area contributed by atoms with Crippen LogP contribution in [0.5, 0.6) is 0 Å². The molecule has 3 aromatic rings. The summed E-state index contributed by atoms with van der Waals surface area (Å²) in [5, 5.41) is 6.12. The monoisotopic (exact) mass is 360 g/mol. The van der Waals surface area contributed by atoms with Crippen LogP contribution in [0.2, 0.25) is 0 Å². The number of amides is 1. The molecule has 1 aliphatic carbocycles. The molecule has 0 heterocycles. The third-order valence-corrected chi connectivity index (χ3v) is 4.99. The zero-order valence-electron chi connectivity index (χ0n) is 15.1.